The fraction of sp³-hybridized carbons (Fsp3) is 0.100. The molecule has 0 saturated heterocycles. The van der Waals surface area contributed by atoms with Crippen molar-refractivity contribution in [1.29, 1.82) is 0 Å². The zero-order chi connectivity index (χ0) is 9.26. The second-order valence-electron chi connectivity index (χ2n) is 2.78. The minimum absolute atomic E-state index is 0.691. The van der Waals surface area contributed by atoms with Crippen molar-refractivity contribution < 1.29 is 4.52 Å². The maximum Gasteiger partial charge on any atom is 0.209 e. The first-order valence-electron chi connectivity index (χ1n) is 3.96. The van der Waals surface area contributed by atoms with Crippen LogP contribution in [0.15, 0.2) is 39.5 Å². The van der Waals surface area contributed by atoms with Gasteiger partial charge in [0.05, 0.1) is 11.3 Å². The van der Waals surface area contributed by atoms with Crippen LogP contribution in [-0.4, -0.2) is 5.16 Å². The summed E-state index contributed by atoms with van der Waals surface area (Å²) < 4.78 is 5.71. The molecule has 0 aliphatic heterocycles. The van der Waals surface area contributed by atoms with Gasteiger partial charge in [-0.2, -0.15) is 0 Å². The fourth-order valence-corrected chi connectivity index (χ4v) is 1.86. The summed E-state index contributed by atoms with van der Waals surface area (Å²) in [6, 6.07) is 10.0. The lowest BCUT2D eigenvalue weighted by Gasteiger charge is -1.96. The Bertz CT molecular complexity index is 389. The van der Waals surface area contributed by atoms with E-state index < -0.39 is 0 Å². The molecule has 66 valence electrons. The third-order valence-corrected chi connectivity index (χ3v) is 2.42. The normalized spacial score (nSPS) is 10.3. The van der Waals surface area contributed by atoms with Crippen LogP contribution in [0.3, 0.4) is 0 Å². The van der Waals surface area contributed by atoms with Crippen LogP contribution in [0.4, 0.5) is 0 Å². The summed E-state index contributed by atoms with van der Waals surface area (Å²) >= 11 is 3.32. The molecule has 2 aromatic rings. The Hall–Kier alpha value is -1.09. The third-order valence-electron chi connectivity index (χ3n) is 1.88. The molecule has 2 nitrogen and oxygen atoms in total. The number of hydrogen-bond acceptors (Lipinski definition) is 2. The van der Waals surface area contributed by atoms with E-state index in [-0.39, 0.29) is 0 Å². The molecular weight excluding hydrogens is 230 g/mol. The van der Waals surface area contributed by atoms with Crippen molar-refractivity contribution in [2.75, 3.05) is 0 Å². The van der Waals surface area contributed by atoms with E-state index in [1.165, 1.54) is 0 Å². The minimum atomic E-state index is 0.691. The zero-order valence-electron chi connectivity index (χ0n) is 7.12. The molecule has 0 aliphatic rings. The van der Waals surface area contributed by atoms with Crippen LogP contribution in [0.25, 0.3) is 11.1 Å². The Morgan fingerprint density at radius 1 is 1.23 bits per heavy atom. The summed E-state index contributed by atoms with van der Waals surface area (Å²) in [5, 5.41) is 3.87. The molecule has 0 fully saturated rings. The maximum atomic E-state index is 5.02. The Morgan fingerprint density at radius 3 is 2.46 bits per heavy atom. The second-order valence-corrected chi connectivity index (χ2v) is 3.50. The van der Waals surface area contributed by atoms with Gasteiger partial charge in [-0.15, -0.1) is 0 Å². The molecule has 0 bridgehead atoms. The Kier molecular flexibility index (Phi) is 2.19. The van der Waals surface area contributed by atoms with Gasteiger partial charge >= 0.3 is 0 Å². The smallest absolute Gasteiger partial charge is 0.209 e. The van der Waals surface area contributed by atoms with Gasteiger partial charge in [0.15, 0.2) is 0 Å². The summed E-state index contributed by atoms with van der Waals surface area (Å²) in [6.45, 7) is 1.93. The molecule has 3 heteroatoms. The SMILES string of the molecule is Cc1noc(Br)c1-c1ccccc1. The number of rotatable bonds is 1. The van der Waals surface area contributed by atoms with Gasteiger partial charge in [0.25, 0.3) is 0 Å². The van der Waals surface area contributed by atoms with Crippen LogP contribution >= 0.6 is 15.9 Å². The molecule has 0 atom stereocenters. The number of halogens is 1. The van der Waals surface area contributed by atoms with E-state index in [1.54, 1.807) is 0 Å². The maximum absolute atomic E-state index is 5.02. The van der Waals surface area contributed by atoms with E-state index in [0.717, 1.165) is 16.8 Å². The monoisotopic (exact) mass is 237 g/mol. The highest BCUT2D eigenvalue weighted by Crippen LogP contribution is 2.30. The highest BCUT2D eigenvalue weighted by atomic mass is 79.9. The number of aromatic nitrogens is 1. The van der Waals surface area contributed by atoms with Crippen LogP contribution in [0, 0.1) is 6.92 Å². The van der Waals surface area contributed by atoms with E-state index >= 15 is 0 Å². The van der Waals surface area contributed by atoms with Crippen LogP contribution < -0.4 is 0 Å². The predicted molar refractivity (Wildman–Crippen MR) is 54.4 cm³/mol. The topological polar surface area (TPSA) is 26.0 Å². The van der Waals surface area contributed by atoms with Crippen LogP contribution in [0.1, 0.15) is 5.69 Å². The first-order chi connectivity index (χ1) is 6.29. The van der Waals surface area contributed by atoms with Crippen LogP contribution in [0.2, 0.25) is 0 Å². The largest absolute Gasteiger partial charge is 0.348 e. The number of benzene rings is 1. The molecule has 13 heavy (non-hydrogen) atoms. The van der Waals surface area contributed by atoms with Crippen molar-refractivity contribution in [2.24, 2.45) is 0 Å². The molecule has 0 amide bonds. The van der Waals surface area contributed by atoms with Crippen molar-refractivity contribution in [3.05, 3.63) is 40.7 Å². The average Bonchev–Trinajstić information content (AvgIpc) is 2.48. The van der Waals surface area contributed by atoms with Crippen LogP contribution in [0.5, 0.6) is 0 Å². The second kappa shape index (κ2) is 3.34. The van der Waals surface area contributed by atoms with E-state index in [9.17, 15) is 0 Å². The van der Waals surface area contributed by atoms with Crippen molar-refractivity contribution in [1.82, 2.24) is 5.16 Å². The van der Waals surface area contributed by atoms with Gasteiger partial charge in [-0.3, -0.25) is 0 Å². The Labute approximate surface area is 84.7 Å². The lowest BCUT2D eigenvalue weighted by Crippen LogP contribution is -1.78. The molecular formula is C10H8BrNO. The Morgan fingerprint density at radius 2 is 1.92 bits per heavy atom. The standard InChI is InChI=1S/C10H8BrNO/c1-7-9(10(11)13-12-7)8-5-3-2-4-6-8/h2-6H,1H3. The molecule has 2 rings (SSSR count). The summed E-state index contributed by atoms with van der Waals surface area (Å²) in [6.07, 6.45) is 0. The third kappa shape index (κ3) is 1.52. The molecule has 0 unspecified atom stereocenters. The van der Waals surface area contributed by atoms with Gasteiger partial charge in [0, 0.05) is 0 Å². The molecule has 1 aromatic carbocycles. The first kappa shape index (κ1) is 8.51. The average molecular weight is 238 g/mol. The summed E-state index contributed by atoms with van der Waals surface area (Å²) in [5.74, 6) is 0. The predicted octanol–water partition coefficient (Wildman–Crippen LogP) is 3.41. The molecule has 0 radical (unpaired) electrons. The van der Waals surface area contributed by atoms with E-state index in [2.05, 4.69) is 21.1 Å². The van der Waals surface area contributed by atoms with Crippen molar-refractivity contribution in [3.8, 4) is 11.1 Å². The molecule has 1 aromatic heterocycles. The highest BCUT2D eigenvalue weighted by molar-refractivity contribution is 9.10. The quantitative estimate of drug-likeness (QED) is 0.760. The summed E-state index contributed by atoms with van der Waals surface area (Å²) in [7, 11) is 0. The molecule has 0 saturated carbocycles. The van der Waals surface area contributed by atoms with E-state index in [4.69, 9.17) is 4.52 Å². The lowest BCUT2D eigenvalue weighted by molar-refractivity contribution is 0.396. The zero-order valence-corrected chi connectivity index (χ0v) is 8.71. The van der Waals surface area contributed by atoms with E-state index in [0.29, 0.717) is 4.67 Å². The number of aryl methyl sites for hydroxylation is 1. The molecule has 0 aliphatic carbocycles. The van der Waals surface area contributed by atoms with E-state index in [1.807, 2.05) is 37.3 Å². The van der Waals surface area contributed by atoms with Crippen molar-refractivity contribution in [3.63, 3.8) is 0 Å². The van der Waals surface area contributed by atoms with Gasteiger partial charge in [0.1, 0.15) is 0 Å². The van der Waals surface area contributed by atoms with Gasteiger partial charge in [0.2, 0.25) is 4.67 Å². The minimum Gasteiger partial charge on any atom is -0.348 e. The molecule has 0 N–H and O–H groups in total. The molecule has 0 spiro atoms. The molecule has 1 heterocycles. The van der Waals surface area contributed by atoms with Crippen molar-refractivity contribution >= 4 is 15.9 Å². The Balaban J connectivity index is 2.59. The van der Waals surface area contributed by atoms with Gasteiger partial charge in [-0.25, -0.2) is 0 Å². The summed E-state index contributed by atoms with van der Waals surface area (Å²) in [4.78, 5) is 0. The lowest BCUT2D eigenvalue weighted by atomic mass is 10.1. The number of nitrogens with zero attached hydrogens (tertiary/aromatic N) is 1. The van der Waals surface area contributed by atoms with Gasteiger partial charge in [-0.05, 0) is 28.4 Å². The fourth-order valence-electron chi connectivity index (χ4n) is 1.27. The van der Waals surface area contributed by atoms with Crippen molar-refractivity contribution in [2.45, 2.75) is 6.92 Å². The van der Waals surface area contributed by atoms with Gasteiger partial charge in [-0.1, -0.05) is 35.5 Å². The highest BCUT2D eigenvalue weighted by Gasteiger charge is 2.11. The van der Waals surface area contributed by atoms with Gasteiger partial charge < -0.3 is 4.52 Å². The summed E-state index contributed by atoms with van der Waals surface area (Å²) in [5.41, 5.74) is 3.05. The first-order valence-corrected chi connectivity index (χ1v) is 4.75. The van der Waals surface area contributed by atoms with Crippen LogP contribution in [-0.2, 0) is 0 Å². The number of hydrogen-bond donors (Lipinski definition) is 0.